The monoisotopic (exact) mass is 283 g/mol. The van der Waals surface area contributed by atoms with E-state index in [9.17, 15) is 9.59 Å². The highest BCUT2D eigenvalue weighted by molar-refractivity contribution is 5.85. The molecule has 1 aliphatic carbocycles. The Bertz CT molecular complexity index is 391. The third kappa shape index (κ3) is 3.62. The first kappa shape index (κ1) is 15.1. The lowest BCUT2D eigenvalue weighted by atomic mass is 9.86. The van der Waals surface area contributed by atoms with Crippen molar-refractivity contribution < 1.29 is 14.3 Å². The second kappa shape index (κ2) is 5.24. The van der Waals surface area contributed by atoms with E-state index < -0.39 is 11.1 Å². The van der Waals surface area contributed by atoms with Gasteiger partial charge in [0.25, 0.3) is 0 Å². The molecule has 1 saturated heterocycles. The average molecular weight is 283 g/mol. The normalized spacial score (nSPS) is 22.4. The number of nitrogens with one attached hydrogen (secondary N) is 1. The molecule has 6 nitrogen and oxygen atoms in total. The van der Waals surface area contributed by atoms with Crippen LogP contribution in [0.3, 0.4) is 0 Å². The van der Waals surface area contributed by atoms with E-state index in [-0.39, 0.29) is 12.0 Å². The Labute approximate surface area is 120 Å². The van der Waals surface area contributed by atoms with Crippen molar-refractivity contribution in [1.29, 1.82) is 0 Å². The molecule has 114 valence electrons. The highest BCUT2D eigenvalue weighted by atomic mass is 16.6. The van der Waals surface area contributed by atoms with Gasteiger partial charge in [-0.15, -0.1) is 0 Å². The molecule has 20 heavy (non-hydrogen) atoms. The number of likely N-dealkylation sites (tertiary alicyclic amines) is 1. The van der Waals surface area contributed by atoms with Gasteiger partial charge < -0.3 is 20.7 Å². The van der Waals surface area contributed by atoms with Gasteiger partial charge in [-0.2, -0.15) is 0 Å². The molecule has 1 heterocycles. The van der Waals surface area contributed by atoms with Crippen LogP contribution in [0.2, 0.25) is 0 Å². The number of nitrogens with two attached hydrogens (primary N) is 1. The maximum absolute atomic E-state index is 12.0. The molecule has 0 aromatic carbocycles. The van der Waals surface area contributed by atoms with Crippen LogP contribution in [-0.4, -0.2) is 47.2 Å². The lowest BCUT2D eigenvalue weighted by Crippen LogP contribution is -2.62. The first-order chi connectivity index (χ1) is 9.22. The van der Waals surface area contributed by atoms with Crippen LogP contribution in [0.4, 0.5) is 4.79 Å². The van der Waals surface area contributed by atoms with E-state index in [0.717, 1.165) is 12.8 Å². The average Bonchev–Trinajstić information content (AvgIpc) is 3.11. The standard InChI is InChI=1S/C14H25N3O3/c1-13(2,3)20-12(19)17-8-6-14(7-9-17,11(15)18)16-10-4-5-10/h10,16H,4-9H2,1-3H3,(H2,15,18). The number of ether oxygens (including phenoxy) is 1. The largest absolute Gasteiger partial charge is 0.444 e. The van der Waals surface area contributed by atoms with Crippen molar-refractivity contribution in [1.82, 2.24) is 10.2 Å². The van der Waals surface area contributed by atoms with Crippen LogP contribution in [0, 0.1) is 0 Å². The van der Waals surface area contributed by atoms with Crippen molar-refractivity contribution >= 4 is 12.0 Å². The van der Waals surface area contributed by atoms with Crippen molar-refractivity contribution in [3.05, 3.63) is 0 Å². The van der Waals surface area contributed by atoms with Crippen LogP contribution in [0.25, 0.3) is 0 Å². The molecular weight excluding hydrogens is 258 g/mol. The predicted molar refractivity (Wildman–Crippen MR) is 75.1 cm³/mol. The first-order valence-electron chi connectivity index (χ1n) is 7.27. The van der Waals surface area contributed by atoms with Gasteiger partial charge in [0.1, 0.15) is 11.1 Å². The van der Waals surface area contributed by atoms with E-state index in [2.05, 4.69) is 5.32 Å². The Morgan fingerprint density at radius 3 is 2.20 bits per heavy atom. The van der Waals surface area contributed by atoms with Gasteiger partial charge in [-0.05, 0) is 46.5 Å². The SMILES string of the molecule is CC(C)(C)OC(=O)N1CCC(NC2CC2)(C(N)=O)CC1. The van der Waals surface area contributed by atoms with E-state index >= 15 is 0 Å². The number of carbonyl (C=O) groups is 2. The van der Waals surface area contributed by atoms with E-state index in [1.807, 2.05) is 20.8 Å². The zero-order valence-corrected chi connectivity index (χ0v) is 12.6. The molecule has 2 aliphatic rings. The molecule has 0 aromatic heterocycles. The van der Waals surface area contributed by atoms with Gasteiger partial charge in [0, 0.05) is 19.1 Å². The highest BCUT2D eigenvalue weighted by Gasteiger charge is 2.44. The fraction of sp³-hybridized carbons (Fsp3) is 0.857. The first-order valence-corrected chi connectivity index (χ1v) is 7.27. The highest BCUT2D eigenvalue weighted by Crippen LogP contribution is 2.29. The molecule has 2 amide bonds. The Morgan fingerprint density at radius 2 is 1.80 bits per heavy atom. The molecule has 6 heteroatoms. The Hall–Kier alpha value is -1.30. The minimum Gasteiger partial charge on any atom is -0.444 e. The van der Waals surface area contributed by atoms with Gasteiger partial charge in [0.05, 0.1) is 0 Å². The molecule has 0 spiro atoms. The summed E-state index contributed by atoms with van der Waals surface area (Å²) < 4.78 is 5.35. The number of primary amides is 1. The fourth-order valence-electron chi connectivity index (χ4n) is 2.48. The maximum Gasteiger partial charge on any atom is 0.410 e. The smallest absolute Gasteiger partial charge is 0.410 e. The molecule has 0 atom stereocenters. The lowest BCUT2D eigenvalue weighted by Gasteiger charge is -2.40. The van der Waals surface area contributed by atoms with E-state index in [1.165, 1.54) is 0 Å². The summed E-state index contributed by atoms with van der Waals surface area (Å²) in [6, 6.07) is 0.413. The molecule has 3 N–H and O–H groups in total. The van der Waals surface area contributed by atoms with Crippen LogP contribution in [0.15, 0.2) is 0 Å². The topological polar surface area (TPSA) is 84.7 Å². The molecule has 1 saturated carbocycles. The van der Waals surface area contributed by atoms with Gasteiger partial charge in [-0.3, -0.25) is 4.79 Å². The predicted octanol–water partition coefficient (Wildman–Crippen LogP) is 0.993. The van der Waals surface area contributed by atoms with Crippen molar-refractivity contribution in [3.63, 3.8) is 0 Å². The Morgan fingerprint density at radius 1 is 1.25 bits per heavy atom. The van der Waals surface area contributed by atoms with Gasteiger partial charge in [-0.25, -0.2) is 4.79 Å². The number of hydrogen-bond acceptors (Lipinski definition) is 4. The minimum atomic E-state index is -0.653. The summed E-state index contributed by atoms with van der Waals surface area (Å²) in [4.78, 5) is 25.4. The number of piperidine rings is 1. The second-order valence-electron chi connectivity index (χ2n) is 6.83. The second-order valence-corrected chi connectivity index (χ2v) is 6.83. The quantitative estimate of drug-likeness (QED) is 0.809. The number of rotatable bonds is 3. The van der Waals surface area contributed by atoms with Crippen LogP contribution in [-0.2, 0) is 9.53 Å². The molecular formula is C14H25N3O3. The summed E-state index contributed by atoms with van der Waals surface area (Å²) in [6.45, 7) is 6.53. The molecule has 2 rings (SSSR count). The molecule has 0 radical (unpaired) electrons. The third-order valence-corrected chi connectivity index (χ3v) is 3.80. The summed E-state index contributed by atoms with van der Waals surface area (Å²) in [5.41, 5.74) is 4.41. The van der Waals surface area contributed by atoms with Crippen molar-refractivity contribution in [3.8, 4) is 0 Å². The van der Waals surface area contributed by atoms with Crippen LogP contribution in [0.1, 0.15) is 46.5 Å². The minimum absolute atomic E-state index is 0.312. The molecule has 0 aromatic rings. The van der Waals surface area contributed by atoms with Gasteiger partial charge in [0.2, 0.25) is 5.91 Å². The number of carbonyl (C=O) groups excluding carboxylic acids is 2. The van der Waals surface area contributed by atoms with E-state index in [1.54, 1.807) is 4.90 Å². The molecule has 1 aliphatic heterocycles. The van der Waals surface area contributed by atoms with Gasteiger partial charge >= 0.3 is 6.09 Å². The Balaban J connectivity index is 1.92. The summed E-state index contributed by atoms with van der Waals surface area (Å²) in [6.07, 6.45) is 2.99. The summed E-state index contributed by atoms with van der Waals surface area (Å²) in [5, 5.41) is 3.36. The van der Waals surface area contributed by atoms with E-state index in [0.29, 0.717) is 32.0 Å². The van der Waals surface area contributed by atoms with Gasteiger partial charge in [0.15, 0.2) is 0 Å². The van der Waals surface area contributed by atoms with Crippen molar-refractivity contribution in [2.24, 2.45) is 5.73 Å². The summed E-state index contributed by atoms with van der Waals surface area (Å²) >= 11 is 0. The van der Waals surface area contributed by atoms with E-state index in [4.69, 9.17) is 10.5 Å². The molecule has 0 unspecified atom stereocenters. The third-order valence-electron chi connectivity index (χ3n) is 3.80. The fourth-order valence-corrected chi connectivity index (χ4v) is 2.48. The zero-order valence-electron chi connectivity index (χ0n) is 12.6. The lowest BCUT2D eigenvalue weighted by molar-refractivity contribution is -0.126. The number of nitrogens with zero attached hydrogens (tertiary/aromatic N) is 1. The van der Waals surface area contributed by atoms with Crippen molar-refractivity contribution in [2.45, 2.75) is 63.6 Å². The van der Waals surface area contributed by atoms with Crippen LogP contribution in [0.5, 0.6) is 0 Å². The molecule has 2 fully saturated rings. The van der Waals surface area contributed by atoms with Crippen LogP contribution < -0.4 is 11.1 Å². The maximum atomic E-state index is 12.0. The zero-order chi connectivity index (χ0) is 15.0. The summed E-state index contributed by atoms with van der Waals surface area (Å²) in [5.74, 6) is -0.312. The van der Waals surface area contributed by atoms with Crippen molar-refractivity contribution in [2.75, 3.05) is 13.1 Å². The number of amides is 2. The summed E-state index contributed by atoms with van der Waals surface area (Å²) in [7, 11) is 0. The number of hydrogen-bond donors (Lipinski definition) is 2. The molecule has 0 bridgehead atoms. The van der Waals surface area contributed by atoms with Crippen LogP contribution >= 0.6 is 0 Å². The Kier molecular flexibility index (Phi) is 3.95. The van der Waals surface area contributed by atoms with Gasteiger partial charge in [-0.1, -0.05) is 0 Å².